The third-order valence-electron chi connectivity index (χ3n) is 5.11. The maximum Gasteiger partial charge on any atom is 0.317 e. The first-order valence-electron chi connectivity index (χ1n) is 9.66. The number of oxazole rings is 1. The van der Waals surface area contributed by atoms with Crippen LogP contribution >= 0.6 is 0 Å². The molecule has 1 saturated heterocycles. The Morgan fingerprint density at radius 2 is 1.96 bits per heavy atom. The van der Waals surface area contributed by atoms with Gasteiger partial charge in [0, 0.05) is 50.5 Å². The van der Waals surface area contributed by atoms with Gasteiger partial charge in [0.1, 0.15) is 5.52 Å². The number of rotatable bonds is 4. The van der Waals surface area contributed by atoms with Gasteiger partial charge in [0.15, 0.2) is 5.58 Å². The molecule has 146 valence electrons. The molecule has 0 spiro atoms. The van der Waals surface area contributed by atoms with Crippen molar-refractivity contribution in [3.63, 3.8) is 0 Å². The van der Waals surface area contributed by atoms with E-state index in [-0.39, 0.29) is 12.1 Å². The van der Waals surface area contributed by atoms with Gasteiger partial charge >= 0.3 is 6.03 Å². The van der Waals surface area contributed by atoms with Gasteiger partial charge in [-0.2, -0.15) is 4.98 Å². The first-order valence-corrected chi connectivity index (χ1v) is 9.66. The van der Waals surface area contributed by atoms with Crippen molar-refractivity contribution in [2.24, 2.45) is 0 Å². The van der Waals surface area contributed by atoms with E-state index in [2.05, 4.69) is 20.2 Å². The standard InChI is InChI=1S/C21H25N5O2/c1-15-6-5-9-22-18(15)14-16(2)23-20(27)25-10-12-26(13-11-25)21-24-17-7-3-4-8-19(17)28-21/h3-9,16H,10-14H2,1-2H3,(H,23,27). The molecular formula is C21H25N5O2. The summed E-state index contributed by atoms with van der Waals surface area (Å²) in [6, 6.07) is 12.3. The number of hydrogen-bond acceptors (Lipinski definition) is 5. The molecule has 1 atom stereocenters. The van der Waals surface area contributed by atoms with Crippen molar-refractivity contribution >= 4 is 23.1 Å². The quantitative estimate of drug-likeness (QED) is 0.754. The first-order chi connectivity index (χ1) is 13.6. The predicted octanol–water partition coefficient (Wildman–Crippen LogP) is 2.99. The zero-order chi connectivity index (χ0) is 19.5. The molecule has 1 fully saturated rings. The molecule has 0 aliphatic carbocycles. The summed E-state index contributed by atoms with van der Waals surface area (Å²) in [6.07, 6.45) is 2.52. The van der Waals surface area contributed by atoms with E-state index in [1.54, 1.807) is 6.20 Å². The van der Waals surface area contributed by atoms with Crippen LogP contribution in [0.2, 0.25) is 0 Å². The highest BCUT2D eigenvalue weighted by atomic mass is 16.4. The van der Waals surface area contributed by atoms with Gasteiger partial charge in [0.25, 0.3) is 6.01 Å². The SMILES string of the molecule is Cc1cccnc1CC(C)NC(=O)N1CCN(c2nc3ccccc3o2)CC1. The van der Waals surface area contributed by atoms with Gasteiger partial charge in [-0.15, -0.1) is 0 Å². The van der Waals surface area contributed by atoms with Gasteiger partial charge in [0.2, 0.25) is 0 Å². The van der Waals surface area contributed by atoms with E-state index in [9.17, 15) is 4.79 Å². The third kappa shape index (κ3) is 3.93. The molecule has 1 unspecified atom stereocenters. The lowest BCUT2D eigenvalue weighted by atomic mass is 10.1. The average Bonchev–Trinajstić information content (AvgIpc) is 3.14. The van der Waals surface area contributed by atoms with Gasteiger partial charge in [-0.1, -0.05) is 18.2 Å². The molecule has 3 heterocycles. The molecule has 4 rings (SSSR count). The van der Waals surface area contributed by atoms with Crippen molar-refractivity contribution in [3.8, 4) is 0 Å². The number of anilines is 1. The van der Waals surface area contributed by atoms with E-state index in [1.807, 2.05) is 55.1 Å². The van der Waals surface area contributed by atoms with Crippen LogP contribution in [0, 0.1) is 6.92 Å². The Hall–Kier alpha value is -3.09. The molecule has 1 N–H and O–H groups in total. The number of fused-ring (bicyclic) bond motifs is 1. The van der Waals surface area contributed by atoms with Crippen LogP contribution in [-0.4, -0.2) is 53.1 Å². The zero-order valence-corrected chi connectivity index (χ0v) is 16.3. The highest BCUT2D eigenvalue weighted by Crippen LogP contribution is 2.22. The summed E-state index contributed by atoms with van der Waals surface area (Å²) in [5.41, 5.74) is 3.82. The van der Waals surface area contributed by atoms with Crippen molar-refractivity contribution in [1.82, 2.24) is 20.2 Å². The largest absolute Gasteiger partial charge is 0.423 e. The van der Waals surface area contributed by atoms with E-state index < -0.39 is 0 Å². The minimum Gasteiger partial charge on any atom is -0.423 e. The number of nitrogens with one attached hydrogen (secondary N) is 1. The van der Waals surface area contributed by atoms with E-state index in [4.69, 9.17) is 4.42 Å². The molecule has 0 radical (unpaired) electrons. The highest BCUT2D eigenvalue weighted by Gasteiger charge is 2.24. The number of carbonyl (C=O) groups excluding carboxylic acids is 1. The highest BCUT2D eigenvalue weighted by molar-refractivity contribution is 5.75. The molecule has 2 aromatic heterocycles. The van der Waals surface area contributed by atoms with Crippen LogP contribution in [-0.2, 0) is 6.42 Å². The summed E-state index contributed by atoms with van der Waals surface area (Å²) in [7, 11) is 0. The number of nitrogens with zero attached hydrogens (tertiary/aromatic N) is 4. The van der Waals surface area contributed by atoms with Gasteiger partial charge in [-0.25, -0.2) is 4.79 Å². The van der Waals surface area contributed by atoms with Crippen molar-refractivity contribution in [2.75, 3.05) is 31.1 Å². The Labute approximate surface area is 164 Å². The van der Waals surface area contributed by atoms with Gasteiger partial charge in [-0.3, -0.25) is 4.98 Å². The Morgan fingerprint density at radius 1 is 1.18 bits per heavy atom. The molecule has 3 aromatic rings. The number of para-hydroxylation sites is 2. The molecule has 28 heavy (non-hydrogen) atoms. The van der Waals surface area contributed by atoms with Crippen molar-refractivity contribution < 1.29 is 9.21 Å². The molecule has 0 saturated carbocycles. The molecular weight excluding hydrogens is 354 g/mol. The second-order valence-corrected chi connectivity index (χ2v) is 7.26. The molecule has 0 bridgehead atoms. The second kappa shape index (κ2) is 7.88. The van der Waals surface area contributed by atoms with Crippen molar-refractivity contribution in [3.05, 3.63) is 53.9 Å². The molecule has 2 amide bonds. The van der Waals surface area contributed by atoms with E-state index in [0.717, 1.165) is 28.8 Å². The molecule has 1 aliphatic heterocycles. The van der Waals surface area contributed by atoms with Crippen molar-refractivity contribution in [2.45, 2.75) is 26.3 Å². The second-order valence-electron chi connectivity index (χ2n) is 7.26. The van der Waals surface area contributed by atoms with Crippen molar-refractivity contribution in [1.29, 1.82) is 0 Å². The number of aromatic nitrogens is 2. The van der Waals surface area contributed by atoms with E-state index >= 15 is 0 Å². The van der Waals surface area contributed by atoms with Crippen LogP contribution in [0.15, 0.2) is 47.0 Å². The Balaban J connectivity index is 1.30. The van der Waals surface area contributed by atoms with E-state index in [0.29, 0.717) is 32.2 Å². The van der Waals surface area contributed by atoms with Crippen LogP contribution < -0.4 is 10.2 Å². The molecule has 7 nitrogen and oxygen atoms in total. The molecule has 1 aromatic carbocycles. The summed E-state index contributed by atoms with van der Waals surface area (Å²) in [5.74, 6) is 0. The van der Waals surface area contributed by atoms with Crippen LogP contribution in [0.3, 0.4) is 0 Å². The van der Waals surface area contributed by atoms with Gasteiger partial charge < -0.3 is 19.5 Å². The number of carbonyl (C=O) groups is 1. The number of hydrogen-bond donors (Lipinski definition) is 1. The fraction of sp³-hybridized carbons (Fsp3) is 0.381. The number of benzene rings is 1. The molecule has 7 heteroatoms. The van der Waals surface area contributed by atoms with Crippen LogP contribution in [0.1, 0.15) is 18.2 Å². The zero-order valence-electron chi connectivity index (χ0n) is 16.3. The maximum atomic E-state index is 12.6. The minimum atomic E-state index is -0.0294. The van der Waals surface area contributed by atoms with Gasteiger partial charge in [-0.05, 0) is 37.6 Å². The fourth-order valence-corrected chi connectivity index (χ4v) is 3.47. The summed E-state index contributed by atoms with van der Waals surface area (Å²) >= 11 is 0. The van der Waals surface area contributed by atoms with Gasteiger partial charge in [0.05, 0.1) is 0 Å². The number of amides is 2. The van der Waals surface area contributed by atoms with E-state index in [1.165, 1.54) is 0 Å². The number of pyridine rings is 1. The first kappa shape index (κ1) is 18.3. The van der Waals surface area contributed by atoms with Crippen LogP contribution in [0.5, 0.6) is 0 Å². The lowest BCUT2D eigenvalue weighted by molar-refractivity contribution is 0.190. The summed E-state index contributed by atoms with van der Waals surface area (Å²) in [4.78, 5) is 25.5. The minimum absolute atomic E-state index is 0.0242. The maximum absolute atomic E-state index is 12.6. The molecule has 1 aliphatic rings. The number of piperazine rings is 1. The van der Waals surface area contributed by atoms with Crippen LogP contribution in [0.4, 0.5) is 10.8 Å². The smallest absolute Gasteiger partial charge is 0.317 e. The number of urea groups is 1. The average molecular weight is 379 g/mol. The summed E-state index contributed by atoms with van der Waals surface area (Å²) in [5, 5.41) is 3.09. The lowest BCUT2D eigenvalue weighted by Gasteiger charge is -2.34. The Morgan fingerprint density at radius 3 is 2.71 bits per heavy atom. The normalized spacial score (nSPS) is 15.6. The lowest BCUT2D eigenvalue weighted by Crippen LogP contribution is -2.53. The summed E-state index contributed by atoms with van der Waals surface area (Å²) < 4.78 is 5.83. The topological polar surface area (TPSA) is 74.5 Å². The summed E-state index contributed by atoms with van der Waals surface area (Å²) in [6.45, 7) is 6.74. The Kier molecular flexibility index (Phi) is 5.14. The predicted molar refractivity (Wildman–Crippen MR) is 108 cm³/mol. The fourth-order valence-electron chi connectivity index (χ4n) is 3.47. The Bertz CT molecular complexity index is 929. The van der Waals surface area contributed by atoms with Crippen LogP contribution in [0.25, 0.3) is 11.1 Å². The third-order valence-corrected chi connectivity index (χ3v) is 5.11. The number of aryl methyl sites for hydroxylation is 1. The monoisotopic (exact) mass is 379 g/mol.